The summed E-state index contributed by atoms with van der Waals surface area (Å²) < 4.78 is 0. The van der Waals surface area contributed by atoms with Crippen molar-refractivity contribution in [3.8, 4) is 0 Å². The van der Waals surface area contributed by atoms with Gasteiger partial charge in [0.1, 0.15) is 11.4 Å². The summed E-state index contributed by atoms with van der Waals surface area (Å²) in [7, 11) is 0. The highest BCUT2D eigenvalue weighted by atomic mass is 32.2. The molecule has 1 aliphatic rings. The lowest BCUT2D eigenvalue weighted by Crippen LogP contribution is -3.14. The summed E-state index contributed by atoms with van der Waals surface area (Å²) in [5.41, 5.74) is 0.921. The molecule has 1 N–H and O–H groups in total. The number of para-hydroxylation sites is 1. The predicted octanol–water partition coefficient (Wildman–Crippen LogP) is 0.857. The van der Waals surface area contributed by atoms with E-state index in [1.165, 1.54) is 11.8 Å². The first-order valence-corrected chi connectivity index (χ1v) is 9.05. The number of aromatic nitrogens is 2. The van der Waals surface area contributed by atoms with Crippen molar-refractivity contribution in [1.29, 1.82) is 0 Å². The van der Waals surface area contributed by atoms with E-state index in [2.05, 4.69) is 16.9 Å². The van der Waals surface area contributed by atoms with Gasteiger partial charge in [-0.25, -0.2) is 9.97 Å². The minimum absolute atomic E-state index is 0.128. The van der Waals surface area contributed by atoms with Crippen LogP contribution < -0.4 is 4.90 Å². The van der Waals surface area contributed by atoms with E-state index in [0.29, 0.717) is 0 Å². The van der Waals surface area contributed by atoms with E-state index in [1.807, 2.05) is 36.1 Å². The first-order chi connectivity index (χ1) is 11.2. The van der Waals surface area contributed by atoms with E-state index in [-0.39, 0.29) is 11.2 Å². The topological polar surface area (TPSA) is 50.5 Å². The molecule has 122 valence electrons. The van der Waals surface area contributed by atoms with Crippen LogP contribution in [0, 0.1) is 0 Å². The Kier molecular flexibility index (Phi) is 5.13. The standard InChI is InChI=1S/C17H22N4OS/c1-3-20-8-10-21(11-9-20)17(22)13(2)23-16-14-6-4-5-7-15(14)18-12-19-16/h4-7,12-13H,3,8-11H2,1-2H3/p+1/t13-/m1/s1. The van der Waals surface area contributed by atoms with E-state index < -0.39 is 0 Å². The number of likely N-dealkylation sites (N-methyl/N-ethyl adjacent to an activating group) is 1. The van der Waals surface area contributed by atoms with Crippen molar-refractivity contribution in [3.05, 3.63) is 30.6 Å². The summed E-state index contributed by atoms with van der Waals surface area (Å²) in [5, 5.41) is 1.77. The molecule has 1 atom stereocenters. The number of piperazine rings is 1. The van der Waals surface area contributed by atoms with E-state index in [9.17, 15) is 4.79 Å². The lowest BCUT2D eigenvalue weighted by atomic mass is 10.2. The Balaban J connectivity index is 1.68. The second kappa shape index (κ2) is 7.27. The third-order valence-electron chi connectivity index (χ3n) is 4.42. The number of nitrogens with one attached hydrogen (secondary N) is 1. The summed E-state index contributed by atoms with van der Waals surface area (Å²) in [6.45, 7) is 9.13. The number of nitrogens with zero attached hydrogens (tertiary/aromatic N) is 3. The molecule has 23 heavy (non-hydrogen) atoms. The van der Waals surface area contributed by atoms with Crippen molar-refractivity contribution >= 4 is 28.6 Å². The molecule has 3 rings (SSSR count). The maximum absolute atomic E-state index is 12.7. The van der Waals surface area contributed by atoms with Crippen molar-refractivity contribution in [1.82, 2.24) is 14.9 Å². The van der Waals surface area contributed by atoms with Gasteiger partial charge in [-0.3, -0.25) is 4.79 Å². The molecular weight excluding hydrogens is 308 g/mol. The molecule has 0 radical (unpaired) electrons. The van der Waals surface area contributed by atoms with Gasteiger partial charge in [0, 0.05) is 5.39 Å². The molecule has 5 nitrogen and oxygen atoms in total. The van der Waals surface area contributed by atoms with Crippen molar-refractivity contribution in [2.45, 2.75) is 24.1 Å². The molecule has 0 bridgehead atoms. The van der Waals surface area contributed by atoms with Crippen LogP contribution in [0.1, 0.15) is 13.8 Å². The highest BCUT2D eigenvalue weighted by Crippen LogP contribution is 2.28. The van der Waals surface area contributed by atoms with Crippen LogP contribution >= 0.6 is 11.8 Å². The zero-order valence-electron chi connectivity index (χ0n) is 13.7. The molecule has 1 aliphatic heterocycles. The summed E-state index contributed by atoms with van der Waals surface area (Å²) in [6, 6.07) is 7.93. The highest BCUT2D eigenvalue weighted by Gasteiger charge is 2.27. The van der Waals surface area contributed by atoms with Crippen LogP contribution in [0.2, 0.25) is 0 Å². The quantitative estimate of drug-likeness (QED) is 0.667. The van der Waals surface area contributed by atoms with E-state index >= 15 is 0 Å². The molecule has 1 aromatic carbocycles. The van der Waals surface area contributed by atoms with Crippen LogP contribution in [0.4, 0.5) is 0 Å². The maximum atomic E-state index is 12.7. The van der Waals surface area contributed by atoms with Crippen molar-refractivity contribution in [3.63, 3.8) is 0 Å². The van der Waals surface area contributed by atoms with Gasteiger partial charge in [0.25, 0.3) is 0 Å². The summed E-state index contributed by atoms with van der Waals surface area (Å²) >= 11 is 1.53. The normalized spacial score (nSPS) is 17.4. The van der Waals surface area contributed by atoms with Crippen LogP contribution in [-0.4, -0.2) is 58.7 Å². The van der Waals surface area contributed by atoms with Gasteiger partial charge >= 0.3 is 0 Å². The second-order valence-electron chi connectivity index (χ2n) is 5.88. The Bertz CT molecular complexity index is 680. The van der Waals surface area contributed by atoms with Gasteiger partial charge in [-0.15, -0.1) is 0 Å². The molecule has 2 aromatic rings. The fourth-order valence-electron chi connectivity index (χ4n) is 2.95. The summed E-state index contributed by atoms with van der Waals surface area (Å²) in [4.78, 5) is 24.9. The Labute approximate surface area is 141 Å². The molecule has 1 amide bonds. The predicted molar refractivity (Wildman–Crippen MR) is 92.7 cm³/mol. The number of carbonyl (C=O) groups is 1. The largest absolute Gasteiger partial charge is 0.332 e. The number of benzene rings is 1. The lowest BCUT2D eigenvalue weighted by molar-refractivity contribution is -0.902. The van der Waals surface area contributed by atoms with Gasteiger partial charge in [0.15, 0.2) is 0 Å². The maximum Gasteiger partial charge on any atom is 0.236 e. The minimum atomic E-state index is -0.128. The van der Waals surface area contributed by atoms with Gasteiger partial charge in [0.05, 0.1) is 43.5 Å². The SMILES string of the molecule is CC[NH+]1CCN(C(=O)[C@@H](C)Sc2ncnc3ccccc23)CC1. The Morgan fingerprint density at radius 2 is 2.04 bits per heavy atom. The number of amides is 1. The Hall–Kier alpha value is -1.66. The van der Waals surface area contributed by atoms with E-state index in [1.54, 1.807) is 11.2 Å². The third kappa shape index (κ3) is 3.64. The first-order valence-electron chi connectivity index (χ1n) is 8.17. The van der Waals surface area contributed by atoms with Crippen LogP contribution in [0.5, 0.6) is 0 Å². The fraction of sp³-hybridized carbons (Fsp3) is 0.471. The number of fused-ring (bicyclic) bond motifs is 1. The van der Waals surface area contributed by atoms with Gasteiger partial charge in [0.2, 0.25) is 5.91 Å². The van der Waals surface area contributed by atoms with Crippen molar-refractivity contribution in [2.75, 3.05) is 32.7 Å². The zero-order valence-corrected chi connectivity index (χ0v) is 14.5. The van der Waals surface area contributed by atoms with Gasteiger partial charge < -0.3 is 9.80 Å². The molecule has 1 saturated heterocycles. The molecule has 0 spiro atoms. The Morgan fingerprint density at radius 3 is 2.78 bits per heavy atom. The molecule has 6 heteroatoms. The summed E-state index contributed by atoms with van der Waals surface area (Å²) in [6.07, 6.45) is 1.57. The monoisotopic (exact) mass is 331 g/mol. The number of quaternary nitrogens is 1. The molecular formula is C17H23N4OS+. The smallest absolute Gasteiger partial charge is 0.236 e. The van der Waals surface area contributed by atoms with Crippen LogP contribution in [0.25, 0.3) is 10.9 Å². The van der Waals surface area contributed by atoms with Crippen LogP contribution in [0.15, 0.2) is 35.6 Å². The van der Waals surface area contributed by atoms with Crippen LogP contribution in [-0.2, 0) is 4.79 Å². The van der Waals surface area contributed by atoms with E-state index in [0.717, 1.165) is 48.7 Å². The fourth-order valence-corrected chi connectivity index (χ4v) is 3.94. The van der Waals surface area contributed by atoms with Gasteiger partial charge in [-0.1, -0.05) is 30.0 Å². The molecule has 0 aliphatic carbocycles. The van der Waals surface area contributed by atoms with Crippen LogP contribution in [0.3, 0.4) is 0 Å². The number of carbonyl (C=O) groups excluding carboxylic acids is 1. The highest BCUT2D eigenvalue weighted by molar-refractivity contribution is 8.00. The van der Waals surface area contributed by atoms with Crippen molar-refractivity contribution in [2.24, 2.45) is 0 Å². The molecule has 2 heterocycles. The molecule has 1 fully saturated rings. The molecule has 1 aromatic heterocycles. The van der Waals surface area contributed by atoms with Crippen molar-refractivity contribution < 1.29 is 9.69 Å². The molecule has 0 saturated carbocycles. The number of hydrogen-bond donors (Lipinski definition) is 1. The lowest BCUT2D eigenvalue weighted by Gasteiger charge is -2.33. The minimum Gasteiger partial charge on any atom is -0.332 e. The third-order valence-corrected chi connectivity index (χ3v) is 5.53. The number of thioether (sulfide) groups is 1. The molecule has 0 unspecified atom stereocenters. The zero-order chi connectivity index (χ0) is 16.2. The first kappa shape index (κ1) is 16.2. The van der Waals surface area contributed by atoms with Gasteiger partial charge in [-0.05, 0) is 19.9 Å². The number of rotatable bonds is 4. The van der Waals surface area contributed by atoms with E-state index in [4.69, 9.17) is 0 Å². The number of hydrogen-bond acceptors (Lipinski definition) is 4. The average Bonchev–Trinajstić information content (AvgIpc) is 2.61. The second-order valence-corrected chi connectivity index (χ2v) is 7.21. The summed E-state index contributed by atoms with van der Waals surface area (Å²) in [5.74, 6) is 0.216. The average molecular weight is 331 g/mol. The van der Waals surface area contributed by atoms with Gasteiger partial charge in [-0.2, -0.15) is 0 Å². The Morgan fingerprint density at radius 1 is 1.30 bits per heavy atom.